The van der Waals surface area contributed by atoms with E-state index in [4.69, 9.17) is 5.11 Å². The van der Waals surface area contributed by atoms with Crippen LogP contribution >= 0.6 is 0 Å². The van der Waals surface area contributed by atoms with Gasteiger partial charge in [0, 0.05) is 19.2 Å². The van der Waals surface area contributed by atoms with Crippen LogP contribution in [0.3, 0.4) is 0 Å². The Kier molecular flexibility index (Phi) is 5.70. The third-order valence-corrected chi connectivity index (χ3v) is 5.50. The first-order valence-corrected chi connectivity index (χ1v) is 8.31. The molecule has 0 heterocycles. The summed E-state index contributed by atoms with van der Waals surface area (Å²) in [6.07, 6.45) is 10.5. The van der Waals surface area contributed by atoms with Crippen LogP contribution in [0.15, 0.2) is 0 Å². The second-order valence-electron chi connectivity index (χ2n) is 6.79. The van der Waals surface area contributed by atoms with Gasteiger partial charge in [0.1, 0.15) is 0 Å². The van der Waals surface area contributed by atoms with Gasteiger partial charge < -0.3 is 15.7 Å². The summed E-state index contributed by atoms with van der Waals surface area (Å²) >= 11 is 0. The van der Waals surface area contributed by atoms with Gasteiger partial charge in [-0.1, -0.05) is 32.6 Å². The number of carbonyl (C=O) groups excluding carboxylic acids is 1. The van der Waals surface area contributed by atoms with Crippen molar-refractivity contribution in [2.45, 2.75) is 70.8 Å². The van der Waals surface area contributed by atoms with Crippen LogP contribution in [0.25, 0.3) is 0 Å². The molecule has 2 amide bonds. The smallest absolute Gasteiger partial charge is 0.315 e. The Labute approximate surface area is 122 Å². The van der Waals surface area contributed by atoms with Gasteiger partial charge in [-0.3, -0.25) is 0 Å². The Morgan fingerprint density at radius 2 is 1.95 bits per heavy atom. The summed E-state index contributed by atoms with van der Waals surface area (Å²) in [6.45, 7) is 3.21. The first-order valence-electron chi connectivity index (χ1n) is 8.31. The quantitative estimate of drug-likeness (QED) is 0.701. The van der Waals surface area contributed by atoms with E-state index in [0.29, 0.717) is 12.0 Å². The van der Waals surface area contributed by atoms with Crippen molar-refractivity contribution in [2.24, 2.45) is 11.3 Å². The summed E-state index contributed by atoms with van der Waals surface area (Å²) in [4.78, 5) is 12.0. The Bertz CT molecular complexity index is 310. The van der Waals surface area contributed by atoms with Gasteiger partial charge in [0.05, 0.1) is 0 Å². The molecule has 0 unspecified atom stereocenters. The van der Waals surface area contributed by atoms with Gasteiger partial charge in [-0.05, 0) is 43.4 Å². The monoisotopic (exact) mass is 282 g/mol. The topological polar surface area (TPSA) is 61.4 Å². The second-order valence-corrected chi connectivity index (χ2v) is 6.79. The number of urea groups is 1. The lowest BCUT2D eigenvalue weighted by Crippen LogP contribution is -2.50. The molecule has 2 fully saturated rings. The third-order valence-electron chi connectivity index (χ3n) is 5.50. The molecule has 116 valence electrons. The number of aliphatic hydroxyl groups excluding tert-OH is 1. The molecular weight excluding hydrogens is 252 g/mol. The Morgan fingerprint density at radius 1 is 1.25 bits per heavy atom. The molecule has 2 aliphatic carbocycles. The van der Waals surface area contributed by atoms with Crippen molar-refractivity contribution in [3.05, 3.63) is 0 Å². The molecule has 20 heavy (non-hydrogen) atoms. The minimum absolute atomic E-state index is 0.000580. The van der Waals surface area contributed by atoms with E-state index >= 15 is 0 Å². The van der Waals surface area contributed by atoms with Crippen LogP contribution in [0.1, 0.15) is 64.7 Å². The molecule has 0 aliphatic heterocycles. The molecule has 0 saturated heterocycles. The first kappa shape index (κ1) is 15.6. The highest BCUT2D eigenvalue weighted by atomic mass is 16.3. The maximum Gasteiger partial charge on any atom is 0.315 e. The van der Waals surface area contributed by atoms with E-state index in [1.165, 1.54) is 38.5 Å². The molecule has 4 heteroatoms. The van der Waals surface area contributed by atoms with E-state index in [1.807, 2.05) is 0 Å². The minimum atomic E-state index is -0.000580. The first-order chi connectivity index (χ1) is 9.66. The lowest BCUT2D eigenvalue weighted by Gasteiger charge is -2.47. The van der Waals surface area contributed by atoms with Gasteiger partial charge >= 0.3 is 6.03 Å². The molecule has 0 aromatic carbocycles. The molecule has 0 aromatic rings. The summed E-state index contributed by atoms with van der Waals surface area (Å²) in [6, 6.07) is 0.371. The predicted octanol–water partition coefficient (Wildman–Crippen LogP) is 2.81. The summed E-state index contributed by atoms with van der Waals surface area (Å²) in [7, 11) is 0. The predicted molar refractivity (Wildman–Crippen MR) is 80.6 cm³/mol. The number of aliphatic hydroxyl groups is 1. The molecule has 0 spiro atoms. The number of amides is 2. The highest BCUT2D eigenvalue weighted by Crippen LogP contribution is 2.47. The van der Waals surface area contributed by atoms with E-state index < -0.39 is 0 Å². The molecule has 1 atom stereocenters. The van der Waals surface area contributed by atoms with E-state index in [-0.39, 0.29) is 18.1 Å². The molecule has 2 rings (SSSR count). The van der Waals surface area contributed by atoms with Crippen molar-refractivity contribution >= 4 is 6.03 Å². The van der Waals surface area contributed by atoms with E-state index in [1.54, 1.807) is 0 Å². The van der Waals surface area contributed by atoms with Gasteiger partial charge in [-0.2, -0.15) is 0 Å². The maximum atomic E-state index is 12.0. The Hall–Kier alpha value is -0.770. The van der Waals surface area contributed by atoms with Crippen LogP contribution in [0, 0.1) is 11.3 Å². The van der Waals surface area contributed by atoms with E-state index in [2.05, 4.69) is 17.6 Å². The van der Waals surface area contributed by atoms with Gasteiger partial charge in [0.15, 0.2) is 0 Å². The van der Waals surface area contributed by atoms with Crippen LogP contribution in [0.2, 0.25) is 0 Å². The van der Waals surface area contributed by atoms with Crippen LogP contribution in [-0.4, -0.2) is 30.3 Å². The van der Waals surface area contributed by atoms with Gasteiger partial charge in [-0.15, -0.1) is 0 Å². The zero-order chi connectivity index (χ0) is 14.4. The molecule has 2 saturated carbocycles. The Balaban J connectivity index is 1.73. The number of carbonyl (C=O) groups is 1. The summed E-state index contributed by atoms with van der Waals surface area (Å²) in [5, 5.41) is 15.3. The second kappa shape index (κ2) is 7.30. The fraction of sp³-hybridized carbons (Fsp3) is 0.938. The van der Waals surface area contributed by atoms with Crippen LogP contribution in [0.5, 0.6) is 0 Å². The summed E-state index contributed by atoms with van der Waals surface area (Å²) < 4.78 is 0. The minimum Gasteiger partial charge on any atom is -0.396 e. The number of rotatable bonds is 6. The van der Waals surface area contributed by atoms with Crippen molar-refractivity contribution < 1.29 is 9.90 Å². The number of nitrogens with one attached hydrogen (secondary N) is 2. The van der Waals surface area contributed by atoms with E-state index in [9.17, 15) is 4.79 Å². The SMILES string of the molecule is C[C@H](CCO)C1(CNC(=O)NC2CCCCC2)CCC1. The highest BCUT2D eigenvalue weighted by Gasteiger charge is 2.41. The van der Waals surface area contributed by atoms with Crippen molar-refractivity contribution in [3.63, 3.8) is 0 Å². The van der Waals surface area contributed by atoms with Crippen molar-refractivity contribution in [1.82, 2.24) is 10.6 Å². The lowest BCUT2D eigenvalue weighted by atomic mass is 9.60. The van der Waals surface area contributed by atoms with Crippen molar-refractivity contribution in [3.8, 4) is 0 Å². The van der Waals surface area contributed by atoms with Crippen LogP contribution in [-0.2, 0) is 0 Å². The van der Waals surface area contributed by atoms with Crippen molar-refractivity contribution in [2.75, 3.05) is 13.2 Å². The number of hydrogen-bond acceptors (Lipinski definition) is 2. The molecular formula is C16H30N2O2. The summed E-state index contributed by atoms with van der Waals surface area (Å²) in [5.41, 5.74) is 0.229. The highest BCUT2D eigenvalue weighted by molar-refractivity contribution is 5.74. The zero-order valence-corrected chi connectivity index (χ0v) is 12.8. The maximum absolute atomic E-state index is 12.0. The third kappa shape index (κ3) is 3.87. The molecule has 0 radical (unpaired) electrons. The fourth-order valence-electron chi connectivity index (χ4n) is 3.71. The molecule has 4 nitrogen and oxygen atoms in total. The lowest BCUT2D eigenvalue weighted by molar-refractivity contribution is 0.0455. The number of hydrogen-bond donors (Lipinski definition) is 3. The average molecular weight is 282 g/mol. The largest absolute Gasteiger partial charge is 0.396 e. The molecule has 2 aliphatic rings. The van der Waals surface area contributed by atoms with Gasteiger partial charge in [-0.25, -0.2) is 4.79 Å². The Morgan fingerprint density at radius 3 is 2.50 bits per heavy atom. The summed E-state index contributed by atoms with van der Waals surface area (Å²) in [5.74, 6) is 0.483. The average Bonchev–Trinajstić information content (AvgIpc) is 2.39. The standard InChI is InChI=1S/C16H30N2O2/c1-13(8-11-19)16(9-5-10-16)12-17-15(20)18-14-6-3-2-4-7-14/h13-14,19H,2-12H2,1H3,(H2,17,18,20)/t13-/m1/s1. The molecule has 3 N–H and O–H groups in total. The van der Waals surface area contributed by atoms with Crippen LogP contribution in [0.4, 0.5) is 4.79 Å². The molecule has 0 aromatic heterocycles. The molecule has 0 bridgehead atoms. The van der Waals surface area contributed by atoms with Crippen molar-refractivity contribution in [1.29, 1.82) is 0 Å². The fourth-order valence-corrected chi connectivity index (χ4v) is 3.71. The van der Waals surface area contributed by atoms with Gasteiger partial charge in [0.25, 0.3) is 0 Å². The van der Waals surface area contributed by atoms with Crippen LogP contribution < -0.4 is 10.6 Å². The zero-order valence-electron chi connectivity index (χ0n) is 12.8. The van der Waals surface area contributed by atoms with Gasteiger partial charge in [0.2, 0.25) is 0 Å². The van der Waals surface area contributed by atoms with E-state index in [0.717, 1.165) is 25.8 Å². The normalized spacial score (nSPS) is 23.7.